The molecule has 0 spiro atoms. The van der Waals surface area contributed by atoms with E-state index in [1.165, 1.54) is 18.3 Å². The van der Waals surface area contributed by atoms with Gasteiger partial charge in [-0.2, -0.15) is 4.31 Å². The molecule has 2 fully saturated rings. The van der Waals surface area contributed by atoms with Crippen molar-refractivity contribution in [2.75, 3.05) is 25.0 Å². The van der Waals surface area contributed by atoms with Gasteiger partial charge in [0.15, 0.2) is 5.13 Å². The van der Waals surface area contributed by atoms with E-state index in [1.807, 2.05) is 18.2 Å². The molecule has 2 aromatic heterocycles. The second kappa shape index (κ2) is 8.47. The molecule has 2 aliphatic rings. The number of nitrogens with zero attached hydrogens (tertiary/aromatic N) is 4. The third-order valence-corrected chi connectivity index (χ3v) is 8.81. The third-order valence-electron chi connectivity index (χ3n) is 5.53. The topological polar surface area (TPSA) is 95.5 Å². The average Bonchev–Trinajstić information content (AvgIpc) is 3.11. The fourth-order valence-corrected chi connectivity index (χ4v) is 7.25. The van der Waals surface area contributed by atoms with Gasteiger partial charge in [0.2, 0.25) is 15.9 Å². The van der Waals surface area contributed by atoms with Crippen LogP contribution in [0.1, 0.15) is 30.3 Å². The van der Waals surface area contributed by atoms with Crippen molar-refractivity contribution in [1.29, 1.82) is 0 Å². The van der Waals surface area contributed by atoms with Gasteiger partial charge >= 0.3 is 0 Å². The number of nitrogens with one attached hydrogen (secondary N) is 1. The van der Waals surface area contributed by atoms with Gasteiger partial charge < -0.3 is 5.32 Å². The fraction of sp³-hybridized carbons (Fsp3) is 0.526. The van der Waals surface area contributed by atoms with Crippen LogP contribution in [0.25, 0.3) is 0 Å². The van der Waals surface area contributed by atoms with Crippen molar-refractivity contribution < 1.29 is 13.2 Å². The Hall–Kier alpha value is -1.88. The predicted molar refractivity (Wildman–Crippen MR) is 112 cm³/mol. The number of aromatic nitrogens is 2. The number of hydrogen-bond donors (Lipinski definition) is 1. The molecule has 2 aromatic rings. The van der Waals surface area contributed by atoms with Crippen LogP contribution in [0.3, 0.4) is 0 Å². The zero-order valence-corrected chi connectivity index (χ0v) is 18.0. The number of fused-ring (bicyclic) bond motifs is 1. The summed E-state index contributed by atoms with van der Waals surface area (Å²) in [5.74, 6) is 0.0269. The second-order valence-corrected chi connectivity index (χ2v) is 10.9. The number of likely N-dealkylation sites (tertiary alicyclic amines) is 1. The van der Waals surface area contributed by atoms with Gasteiger partial charge in [0.25, 0.3) is 0 Å². The molecular weight excluding hydrogens is 410 g/mol. The number of amides is 1. The number of sulfonamides is 1. The molecule has 2 unspecified atom stereocenters. The van der Waals surface area contributed by atoms with Crippen molar-refractivity contribution in [1.82, 2.24) is 19.2 Å². The lowest BCUT2D eigenvalue weighted by Gasteiger charge is -2.21. The molecule has 0 bridgehead atoms. The predicted octanol–water partition coefficient (Wildman–Crippen LogP) is 1.92. The Morgan fingerprint density at radius 1 is 1.24 bits per heavy atom. The smallest absolute Gasteiger partial charge is 0.223 e. The fourth-order valence-electron chi connectivity index (χ4n) is 4.14. The van der Waals surface area contributed by atoms with Gasteiger partial charge in [-0.25, -0.2) is 13.4 Å². The molecule has 1 N–H and O–H groups in total. The quantitative estimate of drug-likeness (QED) is 0.771. The summed E-state index contributed by atoms with van der Waals surface area (Å²) in [7, 11) is -3.31. The zero-order chi connectivity index (χ0) is 20.4. The molecule has 2 saturated heterocycles. The highest BCUT2D eigenvalue weighted by Crippen LogP contribution is 2.35. The molecule has 2 atom stereocenters. The SMILES string of the molecule is CC(=O)Nc1ncc(CN2CCC3CN(Cc4ccccn4)S(=O)(=O)C3CC2)s1. The van der Waals surface area contributed by atoms with Crippen LogP contribution in [0.15, 0.2) is 30.6 Å². The molecule has 29 heavy (non-hydrogen) atoms. The minimum absolute atomic E-state index is 0.131. The summed E-state index contributed by atoms with van der Waals surface area (Å²) in [5.41, 5.74) is 0.786. The average molecular weight is 436 g/mol. The summed E-state index contributed by atoms with van der Waals surface area (Å²) in [6, 6.07) is 5.59. The standard InChI is InChI=1S/C19H25N5O3S2/c1-14(25)22-19-21-10-17(28-19)13-23-8-5-15-11-24(12-16-4-2-3-7-20-16)29(26,27)18(15)6-9-23/h2-4,7,10,15,18H,5-6,8-9,11-13H2,1H3,(H,21,22,25). The number of thiazole rings is 1. The van der Waals surface area contributed by atoms with Crippen LogP contribution >= 0.6 is 11.3 Å². The first kappa shape index (κ1) is 20.4. The monoisotopic (exact) mass is 435 g/mol. The Morgan fingerprint density at radius 3 is 2.83 bits per heavy atom. The first-order valence-electron chi connectivity index (χ1n) is 9.75. The summed E-state index contributed by atoms with van der Waals surface area (Å²) in [6.07, 6.45) is 4.99. The van der Waals surface area contributed by atoms with E-state index in [1.54, 1.807) is 16.7 Å². The van der Waals surface area contributed by atoms with Crippen LogP contribution in [0.5, 0.6) is 0 Å². The molecule has 10 heteroatoms. The normalized spacial score (nSPS) is 24.7. The van der Waals surface area contributed by atoms with Crippen LogP contribution in [0, 0.1) is 5.92 Å². The van der Waals surface area contributed by atoms with Crippen LogP contribution in [0.2, 0.25) is 0 Å². The van der Waals surface area contributed by atoms with Crippen molar-refractivity contribution in [3.05, 3.63) is 41.2 Å². The summed E-state index contributed by atoms with van der Waals surface area (Å²) in [6.45, 7) is 4.73. The molecule has 8 nitrogen and oxygen atoms in total. The van der Waals surface area contributed by atoms with Crippen LogP contribution in [-0.2, 0) is 27.9 Å². The Morgan fingerprint density at radius 2 is 2.07 bits per heavy atom. The van der Waals surface area contributed by atoms with Crippen LogP contribution in [0.4, 0.5) is 5.13 Å². The first-order chi connectivity index (χ1) is 13.9. The number of hydrogen-bond acceptors (Lipinski definition) is 7. The molecule has 1 amide bonds. The Labute approximate surface area is 175 Å². The maximum atomic E-state index is 13.1. The van der Waals surface area contributed by atoms with Gasteiger partial charge in [0, 0.05) is 37.3 Å². The number of anilines is 1. The minimum atomic E-state index is -3.31. The van der Waals surface area contributed by atoms with E-state index in [-0.39, 0.29) is 17.1 Å². The van der Waals surface area contributed by atoms with E-state index in [0.717, 1.165) is 36.6 Å². The number of rotatable bonds is 5. The summed E-state index contributed by atoms with van der Waals surface area (Å²) in [4.78, 5) is 23.0. The van der Waals surface area contributed by atoms with E-state index < -0.39 is 10.0 Å². The molecular formula is C19H25N5O3S2. The Balaban J connectivity index is 1.38. The van der Waals surface area contributed by atoms with Gasteiger partial charge in [-0.1, -0.05) is 6.07 Å². The van der Waals surface area contributed by atoms with E-state index in [2.05, 4.69) is 20.2 Å². The van der Waals surface area contributed by atoms with Gasteiger partial charge in [-0.05, 0) is 44.0 Å². The number of pyridine rings is 1. The molecule has 156 valence electrons. The van der Waals surface area contributed by atoms with Crippen molar-refractivity contribution in [3.8, 4) is 0 Å². The van der Waals surface area contributed by atoms with Gasteiger partial charge in [-0.3, -0.25) is 14.7 Å². The zero-order valence-electron chi connectivity index (χ0n) is 16.3. The largest absolute Gasteiger partial charge is 0.302 e. The van der Waals surface area contributed by atoms with Crippen molar-refractivity contribution in [2.24, 2.45) is 5.92 Å². The lowest BCUT2D eigenvalue weighted by Crippen LogP contribution is -2.31. The minimum Gasteiger partial charge on any atom is -0.302 e. The van der Waals surface area contributed by atoms with Gasteiger partial charge in [-0.15, -0.1) is 11.3 Å². The van der Waals surface area contributed by atoms with Gasteiger partial charge in [0.1, 0.15) is 0 Å². The van der Waals surface area contributed by atoms with E-state index in [4.69, 9.17) is 0 Å². The number of carbonyl (C=O) groups excluding carboxylic acids is 1. The van der Waals surface area contributed by atoms with Gasteiger partial charge in [0.05, 0.1) is 17.5 Å². The van der Waals surface area contributed by atoms with E-state index in [9.17, 15) is 13.2 Å². The molecule has 4 heterocycles. The highest BCUT2D eigenvalue weighted by Gasteiger charge is 2.46. The van der Waals surface area contributed by atoms with Crippen molar-refractivity contribution >= 4 is 32.4 Å². The van der Waals surface area contributed by atoms with Crippen molar-refractivity contribution in [2.45, 2.75) is 38.1 Å². The molecule has 2 aliphatic heterocycles. The van der Waals surface area contributed by atoms with Crippen LogP contribution in [-0.4, -0.2) is 58.4 Å². The van der Waals surface area contributed by atoms with E-state index in [0.29, 0.717) is 24.6 Å². The Kier molecular flexibility index (Phi) is 5.95. The maximum Gasteiger partial charge on any atom is 0.223 e. The third kappa shape index (κ3) is 4.66. The highest BCUT2D eigenvalue weighted by atomic mass is 32.2. The first-order valence-corrected chi connectivity index (χ1v) is 12.1. The summed E-state index contributed by atoms with van der Waals surface area (Å²) in [5, 5.41) is 2.99. The van der Waals surface area contributed by atoms with Crippen molar-refractivity contribution in [3.63, 3.8) is 0 Å². The molecule has 0 saturated carbocycles. The maximum absolute atomic E-state index is 13.1. The Bertz CT molecular complexity index is 963. The summed E-state index contributed by atoms with van der Waals surface area (Å²) < 4.78 is 27.8. The van der Waals surface area contributed by atoms with Crippen LogP contribution < -0.4 is 5.32 Å². The molecule has 4 rings (SSSR count). The lowest BCUT2D eigenvalue weighted by atomic mass is 10.0. The second-order valence-electron chi connectivity index (χ2n) is 7.62. The number of carbonyl (C=O) groups is 1. The summed E-state index contributed by atoms with van der Waals surface area (Å²) >= 11 is 1.47. The molecule has 0 aliphatic carbocycles. The molecule has 0 aromatic carbocycles. The van der Waals surface area contributed by atoms with E-state index >= 15 is 0 Å². The lowest BCUT2D eigenvalue weighted by molar-refractivity contribution is -0.114. The molecule has 0 radical (unpaired) electrons. The highest BCUT2D eigenvalue weighted by molar-refractivity contribution is 7.90.